The van der Waals surface area contributed by atoms with Crippen molar-refractivity contribution < 1.29 is 4.79 Å². The molecule has 4 heterocycles. The van der Waals surface area contributed by atoms with E-state index in [1.807, 2.05) is 35.4 Å². The lowest BCUT2D eigenvalue weighted by molar-refractivity contribution is 0.0621. The molecular formula is C20H27N7O. The van der Waals surface area contributed by atoms with Crippen molar-refractivity contribution in [3.63, 3.8) is 0 Å². The molecule has 1 amide bonds. The molecule has 2 fully saturated rings. The van der Waals surface area contributed by atoms with E-state index in [1.54, 1.807) is 0 Å². The second-order valence-electron chi connectivity index (χ2n) is 7.44. The highest BCUT2D eigenvalue weighted by molar-refractivity contribution is 5.93. The van der Waals surface area contributed by atoms with Gasteiger partial charge in [-0.1, -0.05) is 6.07 Å². The van der Waals surface area contributed by atoms with Gasteiger partial charge in [-0.3, -0.25) is 14.7 Å². The van der Waals surface area contributed by atoms with E-state index < -0.39 is 0 Å². The first-order chi connectivity index (χ1) is 13.7. The van der Waals surface area contributed by atoms with Gasteiger partial charge in [0.2, 0.25) is 0 Å². The van der Waals surface area contributed by atoms with Crippen LogP contribution in [0.1, 0.15) is 16.2 Å². The zero-order chi connectivity index (χ0) is 19.3. The predicted molar refractivity (Wildman–Crippen MR) is 107 cm³/mol. The number of rotatable bonds is 4. The number of likely N-dealkylation sites (N-methyl/N-ethyl adjacent to an activating group) is 1. The maximum Gasteiger partial charge on any atom is 0.272 e. The van der Waals surface area contributed by atoms with Crippen LogP contribution in [0.5, 0.6) is 0 Å². The Labute approximate surface area is 165 Å². The first-order valence-electron chi connectivity index (χ1n) is 9.86. The summed E-state index contributed by atoms with van der Waals surface area (Å²) < 4.78 is 0. The zero-order valence-corrected chi connectivity index (χ0v) is 16.4. The third kappa shape index (κ3) is 4.45. The Morgan fingerprint density at radius 2 is 1.75 bits per heavy atom. The molecule has 28 heavy (non-hydrogen) atoms. The summed E-state index contributed by atoms with van der Waals surface area (Å²) in [5.41, 5.74) is 1.55. The van der Waals surface area contributed by atoms with E-state index in [0.29, 0.717) is 18.8 Å². The largest absolute Gasteiger partial charge is 0.354 e. The lowest BCUT2D eigenvalue weighted by Crippen LogP contribution is -2.48. The molecule has 0 aliphatic carbocycles. The highest BCUT2D eigenvalue weighted by Gasteiger charge is 2.24. The van der Waals surface area contributed by atoms with Crippen LogP contribution in [-0.2, 0) is 6.54 Å². The molecule has 2 saturated heterocycles. The average Bonchev–Trinajstić information content (AvgIpc) is 2.75. The van der Waals surface area contributed by atoms with Crippen molar-refractivity contribution in [2.75, 3.05) is 64.3 Å². The van der Waals surface area contributed by atoms with Crippen molar-refractivity contribution in [2.45, 2.75) is 6.54 Å². The van der Waals surface area contributed by atoms with Gasteiger partial charge in [-0.15, -0.1) is 0 Å². The zero-order valence-electron chi connectivity index (χ0n) is 16.4. The number of hydrogen-bond acceptors (Lipinski definition) is 7. The molecule has 0 unspecified atom stereocenters. The molecule has 4 rings (SSSR count). The Kier molecular flexibility index (Phi) is 5.78. The van der Waals surface area contributed by atoms with Crippen LogP contribution in [-0.4, -0.2) is 95.0 Å². The van der Waals surface area contributed by atoms with Gasteiger partial charge in [-0.2, -0.15) is 0 Å². The Bertz CT molecular complexity index is 784. The third-order valence-electron chi connectivity index (χ3n) is 5.47. The fourth-order valence-corrected chi connectivity index (χ4v) is 3.66. The van der Waals surface area contributed by atoms with Crippen LogP contribution in [0, 0.1) is 0 Å². The normalized spacial score (nSPS) is 19.0. The second kappa shape index (κ2) is 8.62. The third-order valence-corrected chi connectivity index (χ3v) is 5.47. The van der Waals surface area contributed by atoms with E-state index in [2.05, 4.69) is 36.7 Å². The van der Waals surface area contributed by atoms with Gasteiger partial charge in [-0.25, -0.2) is 9.97 Å². The highest BCUT2D eigenvalue weighted by atomic mass is 16.2. The van der Waals surface area contributed by atoms with Crippen molar-refractivity contribution in [2.24, 2.45) is 0 Å². The molecule has 148 valence electrons. The summed E-state index contributed by atoms with van der Waals surface area (Å²) in [6.45, 7) is 7.79. The summed E-state index contributed by atoms with van der Waals surface area (Å²) >= 11 is 0. The van der Waals surface area contributed by atoms with Gasteiger partial charge >= 0.3 is 0 Å². The number of carbonyl (C=O) groups excluding carboxylic acids is 1. The minimum Gasteiger partial charge on any atom is -0.354 e. The molecule has 2 aliphatic rings. The van der Waals surface area contributed by atoms with Crippen molar-refractivity contribution >= 4 is 11.7 Å². The van der Waals surface area contributed by atoms with Crippen LogP contribution in [0.25, 0.3) is 0 Å². The van der Waals surface area contributed by atoms with E-state index >= 15 is 0 Å². The Morgan fingerprint density at radius 3 is 2.46 bits per heavy atom. The van der Waals surface area contributed by atoms with Gasteiger partial charge < -0.3 is 14.7 Å². The number of anilines is 1. The number of pyridine rings is 1. The lowest BCUT2D eigenvalue weighted by Gasteiger charge is -2.35. The maximum atomic E-state index is 12.9. The minimum absolute atomic E-state index is 0.00439. The van der Waals surface area contributed by atoms with Crippen molar-refractivity contribution in [3.8, 4) is 0 Å². The Morgan fingerprint density at radius 1 is 0.964 bits per heavy atom. The molecule has 0 radical (unpaired) electrons. The van der Waals surface area contributed by atoms with Gasteiger partial charge in [0, 0.05) is 71.2 Å². The molecule has 0 aromatic carbocycles. The molecule has 8 heteroatoms. The van der Waals surface area contributed by atoms with Crippen LogP contribution >= 0.6 is 0 Å². The maximum absolute atomic E-state index is 12.9. The Balaban J connectivity index is 1.34. The van der Waals surface area contributed by atoms with E-state index in [9.17, 15) is 4.79 Å². The molecule has 0 spiro atoms. The molecule has 2 aliphatic heterocycles. The van der Waals surface area contributed by atoms with Crippen LogP contribution in [0.3, 0.4) is 0 Å². The molecule has 8 nitrogen and oxygen atoms in total. The number of hydrogen-bond donors (Lipinski definition) is 0. The van der Waals surface area contributed by atoms with Gasteiger partial charge in [0.1, 0.15) is 17.8 Å². The first kappa shape index (κ1) is 18.8. The summed E-state index contributed by atoms with van der Waals surface area (Å²) in [4.78, 5) is 34.7. The highest BCUT2D eigenvalue weighted by Crippen LogP contribution is 2.16. The van der Waals surface area contributed by atoms with Gasteiger partial charge in [0.05, 0.1) is 5.69 Å². The lowest BCUT2D eigenvalue weighted by atomic mass is 10.2. The van der Waals surface area contributed by atoms with Crippen LogP contribution < -0.4 is 4.90 Å². The molecule has 0 N–H and O–H groups in total. The summed E-state index contributed by atoms with van der Waals surface area (Å²) in [6, 6.07) is 7.82. The number of nitrogens with zero attached hydrogens (tertiary/aromatic N) is 7. The fraction of sp³-hybridized carbons (Fsp3) is 0.500. The minimum atomic E-state index is -0.00439. The average molecular weight is 381 g/mol. The van der Waals surface area contributed by atoms with Crippen molar-refractivity contribution in [1.29, 1.82) is 0 Å². The standard InChI is InChI=1S/C20H27N7O/c1-24-6-10-26(11-7-24)19-14-18(22-16-23-19)20(28)27-12-8-25(9-13-27)15-17-4-2-3-5-21-17/h2-5,14,16H,6-13,15H2,1H3. The predicted octanol–water partition coefficient (Wildman–Crippen LogP) is 0.581. The summed E-state index contributed by atoms with van der Waals surface area (Å²) in [5, 5.41) is 0. The van der Waals surface area contributed by atoms with Gasteiger partial charge in [-0.05, 0) is 19.2 Å². The quantitative estimate of drug-likeness (QED) is 0.767. The monoisotopic (exact) mass is 381 g/mol. The topological polar surface area (TPSA) is 68.7 Å². The van der Waals surface area contributed by atoms with E-state index in [1.165, 1.54) is 6.33 Å². The van der Waals surface area contributed by atoms with Gasteiger partial charge in [0.15, 0.2) is 0 Å². The van der Waals surface area contributed by atoms with Crippen molar-refractivity contribution in [1.82, 2.24) is 29.7 Å². The molecule has 0 saturated carbocycles. The van der Waals surface area contributed by atoms with E-state index in [-0.39, 0.29) is 5.91 Å². The summed E-state index contributed by atoms with van der Waals surface area (Å²) in [5.74, 6) is 0.843. The number of amides is 1. The first-order valence-corrected chi connectivity index (χ1v) is 9.86. The smallest absolute Gasteiger partial charge is 0.272 e. The molecule has 2 aromatic rings. The van der Waals surface area contributed by atoms with Crippen LogP contribution in [0.4, 0.5) is 5.82 Å². The summed E-state index contributed by atoms with van der Waals surface area (Å²) in [6.07, 6.45) is 3.33. The van der Waals surface area contributed by atoms with Gasteiger partial charge in [0.25, 0.3) is 5.91 Å². The molecule has 0 atom stereocenters. The Hall–Kier alpha value is -2.58. The number of aromatic nitrogens is 3. The molecule has 0 bridgehead atoms. The van der Waals surface area contributed by atoms with Crippen LogP contribution in [0.2, 0.25) is 0 Å². The summed E-state index contributed by atoms with van der Waals surface area (Å²) in [7, 11) is 2.12. The number of piperazine rings is 2. The van der Waals surface area contributed by atoms with Crippen molar-refractivity contribution in [3.05, 3.63) is 48.2 Å². The molecule has 2 aromatic heterocycles. The van der Waals surface area contributed by atoms with E-state index in [0.717, 1.165) is 57.3 Å². The van der Waals surface area contributed by atoms with Crippen LogP contribution in [0.15, 0.2) is 36.8 Å². The SMILES string of the molecule is CN1CCN(c2cc(C(=O)N3CCN(Cc4ccccn4)CC3)ncn2)CC1. The van der Waals surface area contributed by atoms with E-state index in [4.69, 9.17) is 0 Å². The molecular weight excluding hydrogens is 354 g/mol. The second-order valence-corrected chi connectivity index (χ2v) is 7.44. The fourth-order valence-electron chi connectivity index (χ4n) is 3.66. The number of carbonyl (C=O) groups is 1.